The number of benzene rings is 3. The van der Waals surface area contributed by atoms with Crippen LogP contribution in [0.3, 0.4) is 0 Å². The van der Waals surface area contributed by atoms with E-state index in [-0.39, 0.29) is 0 Å². The molecule has 1 unspecified atom stereocenters. The fourth-order valence-corrected chi connectivity index (χ4v) is 3.89. The van der Waals surface area contributed by atoms with E-state index in [1.165, 1.54) is 0 Å². The van der Waals surface area contributed by atoms with Crippen LogP contribution in [-0.2, 0) is 4.74 Å². The molecule has 0 fully saturated rings. The van der Waals surface area contributed by atoms with E-state index in [1.54, 1.807) is 4.33 Å². The van der Waals surface area contributed by atoms with Gasteiger partial charge >= 0.3 is 13.7 Å². The Balaban J connectivity index is 2.23. The molecule has 0 heterocycles. The molecule has 0 aliphatic heterocycles. The lowest BCUT2D eigenvalue weighted by Gasteiger charge is -2.16. The van der Waals surface area contributed by atoms with Crippen molar-refractivity contribution >= 4 is 30.8 Å². The zero-order valence-electron chi connectivity index (χ0n) is 16.8. The topological polar surface area (TPSA) is 55.8 Å². The number of rotatable bonds is 4. The fraction of sp³-hybridized carbons (Fsp3) is 0.174. The highest BCUT2D eigenvalue weighted by atomic mass is 31.1. The summed E-state index contributed by atoms with van der Waals surface area (Å²) in [5.74, 6) is 0. The molecule has 1 atom stereocenters. The molecular formula is C23H24N3O2P+. The van der Waals surface area contributed by atoms with Gasteiger partial charge in [-0.2, -0.15) is 14.6 Å². The van der Waals surface area contributed by atoms with E-state index in [0.29, 0.717) is 5.69 Å². The van der Waals surface area contributed by atoms with Crippen LogP contribution >= 0.6 is 7.66 Å². The monoisotopic (exact) mass is 405 g/mol. The Morgan fingerprint density at radius 1 is 0.793 bits per heavy atom. The van der Waals surface area contributed by atoms with Gasteiger partial charge in [-0.1, -0.05) is 54.6 Å². The lowest BCUT2D eigenvalue weighted by atomic mass is 10.2. The number of ether oxygens (including phenoxy) is 1. The van der Waals surface area contributed by atoms with Crippen molar-refractivity contribution in [1.82, 2.24) is 5.09 Å². The summed E-state index contributed by atoms with van der Waals surface area (Å²) in [5.41, 5.74) is 1.56. The zero-order valence-corrected chi connectivity index (χ0v) is 17.7. The summed E-state index contributed by atoms with van der Waals surface area (Å²) in [4.78, 5) is 13.2. The molecule has 1 amide bonds. The van der Waals surface area contributed by atoms with Gasteiger partial charge in [0.2, 0.25) is 5.69 Å². The van der Waals surface area contributed by atoms with Crippen molar-refractivity contribution in [3.63, 3.8) is 0 Å². The van der Waals surface area contributed by atoms with Gasteiger partial charge in [0.15, 0.2) is 0 Å². The molecule has 3 rings (SSSR count). The molecule has 1 radical (unpaired) electrons. The number of para-hydroxylation sites is 1. The van der Waals surface area contributed by atoms with E-state index in [2.05, 4.69) is 0 Å². The first-order valence-electron chi connectivity index (χ1n) is 9.34. The van der Waals surface area contributed by atoms with E-state index >= 15 is 0 Å². The Labute approximate surface area is 172 Å². The summed E-state index contributed by atoms with van der Waals surface area (Å²) < 4.78 is 12.0. The zero-order chi connectivity index (χ0) is 20.7. The smallest absolute Gasteiger partial charge is 0.406 e. The number of hydrogen-bond donors (Lipinski definition) is 0. The van der Waals surface area contributed by atoms with E-state index in [0.717, 1.165) is 11.4 Å². The number of nitrogens with zero attached hydrogens (tertiary/aromatic N) is 3. The Hall–Kier alpha value is -3.17. The maximum Gasteiger partial charge on any atom is 0.607 e. The van der Waals surface area contributed by atoms with Gasteiger partial charge in [0.25, 0.3) is 0 Å². The number of carbonyl (C=O) groups excluding carboxylic acids is 1. The molecule has 147 valence electrons. The summed E-state index contributed by atoms with van der Waals surface area (Å²) in [7, 11) is -1.64. The molecule has 6 heteroatoms. The van der Waals surface area contributed by atoms with E-state index in [4.69, 9.17) is 14.6 Å². The number of hydrogen-bond acceptors (Lipinski definition) is 3. The summed E-state index contributed by atoms with van der Waals surface area (Å²) in [6.07, 6.45) is -0.478. The molecule has 0 bridgehead atoms. The minimum atomic E-state index is -1.64. The van der Waals surface area contributed by atoms with Crippen molar-refractivity contribution in [2.24, 2.45) is 4.74 Å². The van der Waals surface area contributed by atoms with Crippen molar-refractivity contribution < 1.29 is 13.9 Å². The second kappa shape index (κ2) is 9.35. The molecule has 0 aromatic heterocycles. The van der Waals surface area contributed by atoms with Gasteiger partial charge in [-0.3, -0.25) is 0 Å². The van der Waals surface area contributed by atoms with Crippen LogP contribution in [0.1, 0.15) is 20.8 Å². The molecule has 0 aliphatic rings. The number of carbonyl (C=O) groups is 1. The van der Waals surface area contributed by atoms with Crippen molar-refractivity contribution in [1.29, 1.82) is 0 Å². The van der Waals surface area contributed by atoms with Gasteiger partial charge in [-0.15, -0.1) is 0 Å². The molecule has 0 N–H and O–H groups in total. The summed E-state index contributed by atoms with van der Waals surface area (Å²) in [6.45, 7) is 5.54. The first-order valence-corrected chi connectivity index (χ1v) is 10.5. The standard InChI is InChI=1S/C23H24N3O2P/c1-23(2,3)28-22(27)26(21-17-11-6-12-18-21)29(24-19-13-7-4-8-14-19)25-20-15-9-5-10-16-20/h4-18H,1-3H3/q+1. The molecule has 29 heavy (non-hydrogen) atoms. The summed E-state index contributed by atoms with van der Waals surface area (Å²) in [5, 5.41) is 4.80. The van der Waals surface area contributed by atoms with E-state index < -0.39 is 19.4 Å². The highest BCUT2D eigenvalue weighted by Crippen LogP contribution is 2.32. The van der Waals surface area contributed by atoms with Crippen molar-refractivity contribution in [2.45, 2.75) is 26.4 Å². The molecule has 0 saturated carbocycles. The predicted molar refractivity (Wildman–Crippen MR) is 116 cm³/mol. The quantitative estimate of drug-likeness (QED) is 0.428. The van der Waals surface area contributed by atoms with Crippen LogP contribution in [0.4, 0.5) is 21.9 Å². The summed E-state index contributed by atoms with van der Waals surface area (Å²) >= 11 is 0. The van der Waals surface area contributed by atoms with Gasteiger partial charge in [-0.05, 0) is 49.4 Å². The molecule has 5 nitrogen and oxygen atoms in total. The molecule has 0 spiro atoms. The molecule has 0 aliphatic carbocycles. The number of amides is 1. The van der Waals surface area contributed by atoms with Crippen LogP contribution in [0.25, 0.3) is 0 Å². The Bertz CT molecular complexity index is 1040. The minimum Gasteiger partial charge on any atom is -0.406 e. The summed E-state index contributed by atoms with van der Waals surface area (Å²) in [6, 6.07) is 28.5. The minimum absolute atomic E-state index is 0.478. The van der Waals surface area contributed by atoms with Gasteiger partial charge in [0.05, 0.1) is 11.4 Å². The Morgan fingerprint density at radius 3 is 1.79 bits per heavy atom. The van der Waals surface area contributed by atoms with Gasteiger partial charge in [0.1, 0.15) is 5.60 Å². The van der Waals surface area contributed by atoms with E-state index in [9.17, 15) is 4.79 Å². The molecule has 3 aromatic rings. The van der Waals surface area contributed by atoms with Crippen LogP contribution in [0.15, 0.2) is 95.7 Å². The predicted octanol–water partition coefficient (Wildman–Crippen LogP) is 7.30. The van der Waals surface area contributed by atoms with Gasteiger partial charge in [0, 0.05) is 12.1 Å². The first-order chi connectivity index (χ1) is 13.9. The van der Waals surface area contributed by atoms with Crippen LogP contribution in [-0.4, -0.2) is 16.0 Å². The van der Waals surface area contributed by atoms with E-state index in [1.807, 2.05) is 112 Å². The highest BCUT2D eigenvalue weighted by Gasteiger charge is 2.31. The van der Waals surface area contributed by atoms with Crippen molar-refractivity contribution in [2.75, 3.05) is 0 Å². The lowest BCUT2D eigenvalue weighted by Crippen LogP contribution is -2.27. The van der Waals surface area contributed by atoms with Gasteiger partial charge in [-0.25, -0.2) is 0 Å². The molecular weight excluding hydrogens is 381 g/mol. The highest BCUT2D eigenvalue weighted by molar-refractivity contribution is 7.32. The fourth-order valence-electron chi connectivity index (χ4n) is 2.46. The second-order valence-corrected chi connectivity index (χ2v) is 8.60. The third kappa shape index (κ3) is 6.16. The Morgan fingerprint density at radius 2 is 1.28 bits per heavy atom. The van der Waals surface area contributed by atoms with Crippen LogP contribution < -0.4 is 5.09 Å². The van der Waals surface area contributed by atoms with Crippen LogP contribution in [0, 0.1) is 0 Å². The van der Waals surface area contributed by atoms with Crippen LogP contribution in [0.5, 0.6) is 0 Å². The third-order valence-electron chi connectivity index (χ3n) is 3.67. The van der Waals surface area contributed by atoms with Crippen molar-refractivity contribution in [3.8, 4) is 0 Å². The van der Waals surface area contributed by atoms with Crippen LogP contribution in [0.2, 0.25) is 0 Å². The maximum absolute atomic E-state index is 13.2. The average molecular weight is 405 g/mol. The Kier molecular flexibility index (Phi) is 6.63. The molecule has 0 saturated heterocycles. The molecule has 3 aromatic carbocycles. The van der Waals surface area contributed by atoms with Gasteiger partial charge < -0.3 is 4.74 Å². The third-order valence-corrected chi connectivity index (χ3v) is 5.24. The normalized spacial score (nSPS) is 12.2. The first kappa shape index (κ1) is 20.6. The average Bonchev–Trinajstić information content (AvgIpc) is 2.69. The van der Waals surface area contributed by atoms with Crippen molar-refractivity contribution in [3.05, 3.63) is 91.0 Å². The largest absolute Gasteiger partial charge is 0.607 e. The second-order valence-electron chi connectivity index (χ2n) is 7.27. The maximum atomic E-state index is 13.2. The lowest BCUT2D eigenvalue weighted by molar-refractivity contribution is -0.341. The SMILES string of the molecule is CC(C)(C)OC(=O)/[N+](c1ccccc1)=P(\[N]c1ccccc1)=N\c1ccccc1.